The first kappa shape index (κ1) is 14.8. The highest BCUT2D eigenvalue weighted by Crippen LogP contribution is 2.25. The van der Waals surface area contributed by atoms with Gasteiger partial charge in [-0.25, -0.2) is 8.42 Å². The van der Waals surface area contributed by atoms with Crippen molar-refractivity contribution in [3.8, 4) is 0 Å². The van der Waals surface area contributed by atoms with Gasteiger partial charge < -0.3 is 5.32 Å². The van der Waals surface area contributed by atoms with E-state index in [4.69, 9.17) is 11.6 Å². The van der Waals surface area contributed by atoms with Crippen LogP contribution < -0.4 is 5.32 Å². The van der Waals surface area contributed by atoms with Gasteiger partial charge in [0.1, 0.15) is 0 Å². The minimum absolute atomic E-state index is 0.248. The molecule has 0 radical (unpaired) electrons. The Morgan fingerprint density at radius 1 is 1.30 bits per heavy atom. The monoisotopic (exact) mass is 310 g/mol. The fourth-order valence-electron chi connectivity index (χ4n) is 1.90. The normalized spacial score (nSPS) is 11.3. The van der Waals surface area contributed by atoms with Crippen molar-refractivity contribution in [1.82, 2.24) is 4.98 Å². The lowest BCUT2D eigenvalue weighted by Crippen LogP contribution is -2.08. The van der Waals surface area contributed by atoms with E-state index in [-0.39, 0.29) is 4.90 Å². The number of nitrogens with zero attached hydrogens (tertiary/aromatic N) is 1. The lowest BCUT2D eigenvalue weighted by molar-refractivity contribution is 0.601. The average Bonchev–Trinajstić information content (AvgIpc) is 2.36. The van der Waals surface area contributed by atoms with Gasteiger partial charge in [0.25, 0.3) is 0 Å². The fourth-order valence-corrected chi connectivity index (χ4v) is 3.15. The summed E-state index contributed by atoms with van der Waals surface area (Å²) in [5.74, 6) is 0. The molecule has 0 bridgehead atoms. The maximum absolute atomic E-state index is 11.8. The molecule has 4 nitrogen and oxygen atoms in total. The minimum atomic E-state index is -3.31. The number of sulfone groups is 1. The molecule has 0 aliphatic carbocycles. The summed E-state index contributed by atoms with van der Waals surface area (Å²) in [5.41, 5.74) is 2.42. The van der Waals surface area contributed by atoms with E-state index in [0.29, 0.717) is 17.1 Å². The van der Waals surface area contributed by atoms with Gasteiger partial charge in [-0.2, -0.15) is 0 Å². The van der Waals surface area contributed by atoms with Gasteiger partial charge in [0.15, 0.2) is 9.84 Å². The Morgan fingerprint density at radius 3 is 2.70 bits per heavy atom. The molecule has 106 valence electrons. The van der Waals surface area contributed by atoms with Crippen LogP contribution in [-0.2, 0) is 16.4 Å². The van der Waals surface area contributed by atoms with Crippen LogP contribution in [0.5, 0.6) is 0 Å². The van der Waals surface area contributed by atoms with E-state index in [1.54, 1.807) is 30.6 Å². The van der Waals surface area contributed by atoms with Gasteiger partial charge in [-0.05, 0) is 30.7 Å². The number of anilines is 1. The summed E-state index contributed by atoms with van der Waals surface area (Å²) in [4.78, 5) is 4.32. The van der Waals surface area contributed by atoms with E-state index in [9.17, 15) is 8.42 Å². The Morgan fingerprint density at radius 2 is 2.05 bits per heavy atom. The van der Waals surface area contributed by atoms with Crippen LogP contribution in [0, 0.1) is 6.92 Å². The van der Waals surface area contributed by atoms with Gasteiger partial charge in [0.05, 0.1) is 10.6 Å². The molecule has 20 heavy (non-hydrogen) atoms. The summed E-state index contributed by atoms with van der Waals surface area (Å²) in [6.45, 7) is 2.27. The summed E-state index contributed by atoms with van der Waals surface area (Å²) >= 11 is 6.11. The topological polar surface area (TPSA) is 59.1 Å². The van der Waals surface area contributed by atoms with Crippen LogP contribution in [0.3, 0.4) is 0 Å². The number of aromatic nitrogens is 1. The molecule has 0 atom stereocenters. The Hall–Kier alpha value is -1.59. The summed E-state index contributed by atoms with van der Waals surface area (Å²) < 4.78 is 23.5. The Kier molecular flexibility index (Phi) is 4.30. The molecule has 0 saturated carbocycles. The summed E-state index contributed by atoms with van der Waals surface area (Å²) in [6.07, 6.45) is 4.61. The van der Waals surface area contributed by atoms with Gasteiger partial charge in [-0.1, -0.05) is 17.7 Å². The molecule has 1 aromatic heterocycles. The third-order valence-corrected chi connectivity index (χ3v) is 4.36. The van der Waals surface area contributed by atoms with E-state index in [2.05, 4.69) is 10.3 Å². The zero-order chi connectivity index (χ0) is 14.8. The maximum atomic E-state index is 11.8. The molecule has 1 heterocycles. The van der Waals surface area contributed by atoms with E-state index in [1.807, 2.05) is 13.0 Å². The van der Waals surface area contributed by atoms with E-state index < -0.39 is 9.84 Å². The first-order chi connectivity index (χ1) is 9.38. The van der Waals surface area contributed by atoms with Crippen molar-refractivity contribution in [1.29, 1.82) is 0 Å². The van der Waals surface area contributed by atoms with Crippen LogP contribution in [0.4, 0.5) is 5.69 Å². The van der Waals surface area contributed by atoms with Crippen LogP contribution in [0.1, 0.15) is 11.1 Å². The molecule has 1 N–H and O–H groups in total. The molecule has 0 aliphatic rings. The first-order valence-electron chi connectivity index (χ1n) is 6.01. The second-order valence-corrected chi connectivity index (χ2v) is 6.98. The SMILES string of the molecule is Cc1cncc(NCc2c(Cl)cccc2S(C)(=O)=O)c1. The predicted octanol–water partition coefficient (Wildman–Crippen LogP) is 3.06. The lowest BCUT2D eigenvalue weighted by Gasteiger charge is -2.12. The van der Waals surface area contributed by atoms with Crippen molar-refractivity contribution >= 4 is 27.1 Å². The lowest BCUT2D eigenvalue weighted by atomic mass is 10.2. The molecule has 0 amide bonds. The number of aryl methyl sites for hydroxylation is 1. The molecule has 2 rings (SSSR count). The molecular weight excluding hydrogens is 296 g/mol. The van der Waals surface area contributed by atoms with E-state index in [0.717, 1.165) is 11.3 Å². The highest BCUT2D eigenvalue weighted by atomic mass is 35.5. The summed E-state index contributed by atoms with van der Waals surface area (Å²) in [7, 11) is -3.31. The van der Waals surface area contributed by atoms with Crippen molar-refractivity contribution in [2.24, 2.45) is 0 Å². The third-order valence-electron chi connectivity index (χ3n) is 2.82. The molecule has 0 fully saturated rings. The van der Waals surface area contributed by atoms with E-state index >= 15 is 0 Å². The molecule has 1 aromatic carbocycles. The number of nitrogens with one attached hydrogen (secondary N) is 1. The van der Waals surface area contributed by atoms with Crippen LogP contribution in [0.15, 0.2) is 41.6 Å². The Bertz CT molecular complexity index is 730. The predicted molar refractivity (Wildman–Crippen MR) is 80.9 cm³/mol. The highest BCUT2D eigenvalue weighted by molar-refractivity contribution is 7.90. The highest BCUT2D eigenvalue weighted by Gasteiger charge is 2.15. The summed E-state index contributed by atoms with van der Waals surface area (Å²) in [6, 6.07) is 6.81. The molecular formula is C14H15ClN2O2S. The third kappa shape index (κ3) is 3.49. The first-order valence-corrected chi connectivity index (χ1v) is 8.28. The Labute approximate surface area is 123 Å². The number of hydrogen-bond donors (Lipinski definition) is 1. The molecule has 0 aliphatic heterocycles. The fraction of sp³-hybridized carbons (Fsp3) is 0.214. The smallest absolute Gasteiger partial charge is 0.175 e. The van der Waals surface area contributed by atoms with E-state index in [1.165, 1.54) is 6.26 Å². The van der Waals surface area contributed by atoms with Crippen LogP contribution in [0.25, 0.3) is 0 Å². The Balaban J connectivity index is 2.30. The van der Waals surface area contributed by atoms with Crippen LogP contribution >= 0.6 is 11.6 Å². The van der Waals surface area contributed by atoms with Gasteiger partial charge in [0, 0.05) is 35.8 Å². The molecule has 0 unspecified atom stereocenters. The molecule has 2 aromatic rings. The molecule has 0 spiro atoms. The second kappa shape index (κ2) is 5.81. The minimum Gasteiger partial charge on any atom is -0.380 e. The van der Waals surface area contributed by atoms with Crippen molar-refractivity contribution < 1.29 is 8.42 Å². The second-order valence-electron chi connectivity index (χ2n) is 4.59. The van der Waals surface area contributed by atoms with Gasteiger partial charge >= 0.3 is 0 Å². The number of hydrogen-bond acceptors (Lipinski definition) is 4. The van der Waals surface area contributed by atoms with Gasteiger partial charge in [0.2, 0.25) is 0 Å². The molecule has 0 saturated heterocycles. The van der Waals surface area contributed by atoms with Crippen molar-refractivity contribution in [3.63, 3.8) is 0 Å². The van der Waals surface area contributed by atoms with Crippen molar-refractivity contribution in [3.05, 3.63) is 52.8 Å². The number of rotatable bonds is 4. The van der Waals surface area contributed by atoms with Gasteiger partial charge in [-0.3, -0.25) is 4.98 Å². The van der Waals surface area contributed by atoms with Gasteiger partial charge in [-0.15, -0.1) is 0 Å². The average molecular weight is 311 g/mol. The summed E-state index contributed by atoms with van der Waals surface area (Å²) in [5, 5.41) is 3.58. The van der Waals surface area contributed by atoms with Crippen molar-refractivity contribution in [2.75, 3.05) is 11.6 Å². The molecule has 6 heteroatoms. The van der Waals surface area contributed by atoms with Crippen LogP contribution in [-0.4, -0.2) is 19.7 Å². The number of benzene rings is 1. The maximum Gasteiger partial charge on any atom is 0.175 e. The van der Waals surface area contributed by atoms with Crippen LogP contribution in [0.2, 0.25) is 5.02 Å². The number of halogens is 1. The largest absolute Gasteiger partial charge is 0.380 e. The quantitative estimate of drug-likeness (QED) is 0.943. The standard InChI is InChI=1S/C14H15ClN2O2S/c1-10-6-11(8-16-7-10)17-9-12-13(15)4-3-5-14(12)20(2,18)19/h3-8,17H,9H2,1-2H3. The zero-order valence-corrected chi connectivity index (χ0v) is 12.8. The zero-order valence-electron chi connectivity index (χ0n) is 11.2. The number of pyridine rings is 1. The van der Waals surface area contributed by atoms with Crippen molar-refractivity contribution in [2.45, 2.75) is 18.4 Å².